The second-order valence-corrected chi connectivity index (χ2v) is 4.61. The van der Waals surface area contributed by atoms with Crippen LogP contribution in [0, 0.1) is 24.4 Å². The Bertz CT molecular complexity index is 696. The van der Waals surface area contributed by atoms with Crippen molar-refractivity contribution < 1.29 is 13.2 Å². The fourth-order valence-electron chi connectivity index (χ4n) is 1.87. The zero-order valence-electron chi connectivity index (χ0n) is 10.7. The van der Waals surface area contributed by atoms with Crippen LogP contribution >= 0.6 is 12.2 Å². The van der Waals surface area contributed by atoms with E-state index < -0.39 is 17.5 Å². The molecule has 0 atom stereocenters. The highest BCUT2D eigenvalue weighted by atomic mass is 32.1. The molecule has 0 radical (unpaired) electrons. The molecule has 3 N–H and O–H groups in total. The van der Waals surface area contributed by atoms with Gasteiger partial charge in [0.1, 0.15) is 16.6 Å². The minimum absolute atomic E-state index is 0.0513. The summed E-state index contributed by atoms with van der Waals surface area (Å²) in [4.78, 5) is 0.0513. The third-order valence-corrected chi connectivity index (χ3v) is 2.92. The number of nitrogens with zero attached hydrogens (tertiary/aromatic N) is 2. The largest absolute Gasteiger partial charge is 0.389 e. The average Bonchev–Trinajstić information content (AvgIpc) is 2.60. The lowest BCUT2D eigenvalue weighted by molar-refractivity contribution is 0.498. The van der Waals surface area contributed by atoms with Gasteiger partial charge in [-0.05, 0) is 6.92 Å². The fourth-order valence-corrected chi connectivity index (χ4v) is 2.12. The molecule has 20 heavy (non-hydrogen) atoms. The third-order valence-electron chi connectivity index (χ3n) is 2.71. The van der Waals surface area contributed by atoms with Crippen molar-refractivity contribution >= 4 is 28.7 Å². The molecule has 0 fully saturated rings. The molecule has 0 spiro atoms. The molecule has 1 heterocycles. The first-order valence-corrected chi connectivity index (χ1v) is 5.97. The number of anilines is 2. The molecular formula is C12H11F3N4S. The van der Waals surface area contributed by atoms with E-state index in [-0.39, 0.29) is 16.5 Å². The van der Waals surface area contributed by atoms with E-state index in [1.807, 2.05) is 0 Å². The SMILES string of the molecule is Cc1nn(C)c(Nc2cc(F)cc(F)c2F)c1C(N)=S. The van der Waals surface area contributed by atoms with E-state index in [1.54, 1.807) is 14.0 Å². The van der Waals surface area contributed by atoms with Crippen LogP contribution in [-0.2, 0) is 7.05 Å². The van der Waals surface area contributed by atoms with E-state index in [2.05, 4.69) is 10.4 Å². The van der Waals surface area contributed by atoms with Gasteiger partial charge in [-0.3, -0.25) is 4.68 Å². The van der Waals surface area contributed by atoms with Crippen LogP contribution in [0.1, 0.15) is 11.3 Å². The molecule has 8 heteroatoms. The van der Waals surface area contributed by atoms with Crippen LogP contribution in [-0.4, -0.2) is 14.8 Å². The molecule has 0 aliphatic heterocycles. The van der Waals surface area contributed by atoms with Gasteiger partial charge in [-0.1, -0.05) is 12.2 Å². The topological polar surface area (TPSA) is 55.9 Å². The molecule has 0 bridgehead atoms. The van der Waals surface area contributed by atoms with Crippen LogP contribution in [0.15, 0.2) is 12.1 Å². The maximum absolute atomic E-state index is 13.6. The number of hydrogen-bond acceptors (Lipinski definition) is 3. The molecule has 0 unspecified atom stereocenters. The Morgan fingerprint density at radius 2 is 2.00 bits per heavy atom. The van der Waals surface area contributed by atoms with Crippen molar-refractivity contribution in [1.82, 2.24) is 9.78 Å². The van der Waals surface area contributed by atoms with Gasteiger partial charge >= 0.3 is 0 Å². The molecule has 0 aliphatic carbocycles. The van der Waals surface area contributed by atoms with Gasteiger partial charge < -0.3 is 11.1 Å². The summed E-state index contributed by atoms with van der Waals surface area (Å²) < 4.78 is 41.3. The summed E-state index contributed by atoms with van der Waals surface area (Å²) in [6.45, 7) is 1.67. The summed E-state index contributed by atoms with van der Waals surface area (Å²) >= 11 is 4.89. The predicted octanol–water partition coefficient (Wildman–Crippen LogP) is 2.52. The van der Waals surface area contributed by atoms with Gasteiger partial charge in [0.2, 0.25) is 0 Å². The molecule has 1 aromatic heterocycles. The van der Waals surface area contributed by atoms with Crippen molar-refractivity contribution in [1.29, 1.82) is 0 Å². The highest BCUT2D eigenvalue weighted by molar-refractivity contribution is 7.80. The Morgan fingerprint density at radius 3 is 2.60 bits per heavy atom. The smallest absolute Gasteiger partial charge is 0.182 e. The Hall–Kier alpha value is -2.09. The molecule has 2 aromatic rings. The summed E-state index contributed by atoms with van der Waals surface area (Å²) in [6.07, 6.45) is 0. The number of rotatable bonds is 3. The Morgan fingerprint density at radius 1 is 1.35 bits per heavy atom. The lowest BCUT2D eigenvalue weighted by atomic mass is 10.2. The van der Waals surface area contributed by atoms with Gasteiger partial charge in [-0.25, -0.2) is 13.2 Å². The minimum Gasteiger partial charge on any atom is -0.389 e. The van der Waals surface area contributed by atoms with Crippen LogP contribution in [0.5, 0.6) is 0 Å². The normalized spacial score (nSPS) is 10.7. The second-order valence-electron chi connectivity index (χ2n) is 4.17. The lowest BCUT2D eigenvalue weighted by Crippen LogP contribution is -2.13. The lowest BCUT2D eigenvalue weighted by Gasteiger charge is -2.10. The summed E-state index contributed by atoms with van der Waals surface area (Å²) in [7, 11) is 1.57. The van der Waals surface area contributed by atoms with Gasteiger partial charge in [-0.15, -0.1) is 0 Å². The Balaban J connectivity index is 2.53. The van der Waals surface area contributed by atoms with E-state index in [0.717, 1.165) is 6.07 Å². The standard InChI is InChI=1S/C12H11F3N4S/c1-5-9(11(16)20)12(19(2)18-5)17-8-4-6(13)3-7(14)10(8)15/h3-4,17H,1-2H3,(H2,16,20). The van der Waals surface area contributed by atoms with Crippen molar-refractivity contribution in [2.24, 2.45) is 12.8 Å². The molecule has 0 saturated carbocycles. The fraction of sp³-hybridized carbons (Fsp3) is 0.167. The van der Waals surface area contributed by atoms with Crippen molar-refractivity contribution in [3.05, 3.63) is 40.8 Å². The first kappa shape index (κ1) is 14.3. The second kappa shape index (κ2) is 5.12. The highest BCUT2D eigenvalue weighted by Gasteiger charge is 2.18. The molecule has 0 saturated heterocycles. The minimum atomic E-state index is -1.29. The van der Waals surface area contributed by atoms with E-state index in [1.165, 1.54) is 4.68 Å². The van der Waals surface area contributed by atoms with Crippen LogP contribution in [0.4, 0.5) is 24.7 Å². The molecule has 2 rings (SSSR count). The summed E-state index contributed by atoms with van der Waals surface area (Å²) in [5.74, 6) is -3.12. The Labute approximate surface area is 118 Å². The highest BCUT2D eigenvalue weighted by Crippen LogP contribution is 2.26. The zero-order chi connectivity index (χ0) is 15.0. The van der Waals surface area contributed by atoms with E-state index in [0.29, 0.717) is 17.3 Å². The van der Waals surface area contributed by atoms with Crippen molar-refractivity contribution in [3.63, 3.8) is 0 Å². The molecular weight excluding hydrogens is 289 g/mol. The molecule has 1 aromatic carbocycles. The molecule has 0 aliphatic rings. The number of thiocarbonyl (C=S) groups is 1. The van der Waals surface area contributed by atoms with Gasteiger partial charge in [0.05, 0.1) is 16.9 Å². The summed E-state index contributed by atoms with van der Waals surface area (Å²) in [5.41, 5.74) is 6.14. The predicted molar refractivity (Wildman–Crippen MR) is 73.4 cm³/mol. The van der Waals surface area contributed by atoms with E-state index in [9.17, 15) is 13.2 Å². The van der Waals surface area contributed by atoms with Crippen LogP contribution in [0.25, 0.3) is 0 Å². The zero-order valence-corrected chi connectivity index (χ0v) is 11.5. The van der Waals surface area contributed by atoms with Crippen molar-refractivity contribution in [2.75, 3.05) is 5.32 Å². The molecule has 0 amide bonds. The number of nitrogens with one attached hydrogen (secondary N) is 1. The first-order chi connectivity index (χ1) is 9.31. The quantitative estimate of drug-likeness (QED) is 0.675. The number of aromatic nitrogens is 2. The van der Waals surface area contributed by atoms with Gasteiger partial charge in [-0.2, -0.15) is 5.10 Å². The van der Waals surface area contributed by atoms with Crippen LogP contribution in [0.2, 0.25) is 0 Å². The van der Waals surface area contributed by atoms with Crippen LogP contribution in [0.3, 0.4) is 0 Å². The number of nitrogens with two attached hydrogens (primary N) is 1. The van der Waals surface area contributed by atoms with E-state index >= 15 is 0 Å². The van der Waals surface area contributed by atoms with Crippen molar-refractivity contribution in [3.8, 4) is 0 Å². The molecule has 106 valence electrons. The average molecular weight is 300 g/mol. The maximum Gasteiger partial charge on any atom is 0.182 e. The molecule has 4 nitrogen and oxygen atoms in total. The van der Waals surface area contributed by atoms with Crippen molar-refractivity contribution in [2.45, 2.75) is 6.92 Å². The number of aryl methyl sites for hydroxylation is 2. The summed E-state index contributed by atoms with van der Waals surface area (Å²) in [6, 6.07) is 1.30. The van der Waals surface area contributed by atoms with Gasteiger partial charge in [0.15, 0.2) is 11.6 Å². The first-order valence-electron chi connectivity index (χ1n) is 5.56. The van der Waals surface area contributed by atoms with E-state index in [4.69, 9.17) is 18.0 Å². The van der Waals surface area contributed by atoms with Crippen LogP contribution < -0.4 is 11.1 Å². The monoisotopic (exact) mass is 300 g/mol. The number of halogens is 3. The van der Waals surface area contributed by atoms with Gasteiger partial charge in [0, 0.05) is 19.2 Å². The summed E-state index contributed by atoms with van der Waals surface area (Å²) in [5, 5.41) is 6.65. The maximum atomic E-state index is 13.6. The number of benzene rings is 1. The van der Waals surface area contributed by atoms with Gasteiger partial charge in [0.25, 0.3) is 0 Å². The number of hydrogen-bond donors (Lipinski definition) is 2. The third kappa shape index (κ3) is 2.46. The Kier molecular flexibility index (Phi) is 3.67.